The zero-order valence-corrected chi connectivity index (χ0v) is 11.8. The first-order valence-electron chi connectivity index (χ1n) is 4.98. The van der Waals surface area contributed by atoms with Crippen molar-refractivity contribution in [2.45, 2.75) is 0 Å². The Labute approximate surface area is 120 Å². The summed E-state index contributed by atoms with van der Waals surface area (Å²) in [7, 11) is 0. The molecule has 0 aliphatic carbocycles. The Bertz CT molecular complexity index is 657. The van der Waals surface area contributed by atoms with Crippen LogP contribution in [-0.2, 0) is 0 Å². The molecule has 98 valence electrons. The summed E-state index contributed by atoms with van der Waals surface area (Å²) >= 11 is 4.59. The fourth-order valence-electron chi connectivity index (χ4n) is 1.39. The van der Waals surface area contributed by atoms with Crippen molar-refractivity contribution in [3.63, 3.8) is 0 Å². The van der Waals surface area contributed by atoms with Gasteiger partial charge in [0, 0.05) is 27.5 Å². The highest BCUT2D eigenvalue weighted by Gasteiger charge is 2.13. The molecule has 0 aliphatic rings. The van der Waals surface area contributed by atoms with E-state index in [1.54, 1.807) is 11.4 Å². The zero-order valence-electron chi connectivity index (χ0n) is 9.38. The standard InChI is InChI=1S/C10H8BrN5O2S/c11-7-2-1-5(16(17)18)3-6(7)8-4-19-10(14-8)15-9(12)13/h1-4H,(H4,12,13,14,15). The Morgan fingerprint density at radius 1 is 1.58 bits per heavy atom. The van der Waals surface area contributed by atoms with Crippen molar-refractivity contribution in [2.24, 2.45) is 5.73 Å². The number of non-ortho nitro benzene ring substituents is 1. The summed E-state index contributed by atoms with van der Waals surface area (Å²) in [5.41, 5.74) is 6.39. The quantitative estimate of drug-likeness (QED) is 0.343. The molecule has 0 aliphatic heterocycles. The number of rotatable bonds is 3. The molecule has 9 heteroatoms. The number of hydrogen-bond donors (Lipinski definition) is 3. The van der Waals surface area contributed by atoms with Gasteiger partial charge in [0.25, 0.3) is 5.69 Å². The van der Waals surface area contributed by atoms with Gasteiger partial charge in [0.15, 0.2) is 11.1 Å². The van der Waals surface area contributed by atoms with E-state index in [1.165, 1.54) is 23.5 Å². The van der Waals surface area contributed by atoms with E-state index in [4.69, 9.17) is 11.1 Å². The Kier molecular flexibility index (Phi) is 3.76. The molecule has 0 radical (unpaired) electrons. The molecule has 7 nitrogen and oxygen atoms in total. The molecule has 4 N–H and O–H groups in total. The summed E-state index contributed by atoms with van der Waals surface area (Å²) in [6, 6.07) is 4.45. The second-order valence-corrected chi connectivity index (χ2v) is 5.21. The van der Waals surface area contributed by atoms with Crippen molar-refractivity contribution in [2.75, 3.05) is 5.32 Å². The molecule has 0 atom stereocenters. The molecule has 2 aromatic rings. The van der Waals surface area contributed by atoms with Gasteiger partial charge in [0.05, 0.1) is 10.6 Å². The van der Waals surface area contributed by atoms with Gasteiger partial charge < -0.3 is 11.1 Å². The van der Waals surface area contributed by atoms with Crippen molar-refractivity contribution in [3.8, 4) is 11.3 Å². The molecular weight excluding hydrogens is 334 g/mol. The molecular formula is C10H8BrN5O2S. The highest BCUT2D eigenvalue weighted by atomic mass is 79.9. The van der Waals surface area contributed by atoms with Gasteiger partial charge in [-0.1, -0.05) is 15.9 Å². The number of nitrogens with one attached hydrogen (secondary N) is 2. The van der Waals surface area contributed by atoms with Crippen molar-refractivity contribution in [1.82, 2.24) is 4.98 Å². The Morgan fingerprint density at radius 2 is 2.32 bits per heavy atom. The SMILES string of the molecule is N=C(N)Nc1nc(-c2cc([N+](=O)[O-])ccc2Br)cs1. The molecule has 0 saturated heterocycles. The number of nitro benzene ring substituents is 1. The van der Waals surface area contributed by atoms with E-state index < -0.39 is 4.92 Å². The molecule has 2 rings (SSSR count). The fraction of sp³-hybridized carbons (Fsp3) is 0. The average Bonchev–Trinajstić information content (AvgIpc) is 2.76. The predicted octanol–water partition coefficient (Wildman–Crippen LogP) is 2.79. The lowest BCUT2D eigenvalue weighted by molar-refractivity contribution is -0.384. The Hall–Kier alpha value is -2.00. The molecule has 1 heterocycles. The number of aromatic nitrogens is 1. The van der Waals surface area contributed by atoms with Crippen LogP contribution in [0.25, 0.3) is 11.3 Å². The van der Waals surface area contributed by atoms with Gasteiger partial charge in [-0.05, 0) is 6.07 Å². The number of nitrogens with two attached hydrogens (primary N) is 1. The molecule has 0 amide bonds. The van der Waals surface area contributed by atoms with E-state index in [1.807, 2.05) is 0 Å². The molecule has 1 aromatic heterocycles. The van der Waals surface area contributed by atoms with Crippen molar-refractivity contribution in [3.05, 3.63) is 38.2 Å². The molecule has 0 fully saturated rings. The molecule has 0 unspecified atom stereocenters. The largest absolute Gasteiger partial charge is 0.370 e. The first kappa shape index (κ1) is 13.4. The maximum absolute atomic E-state index is 10.8. The lowest BCUT2D eigenvalue weighted by Gasteiger charge is -2.01. The van der Waals surface area contributed by atoms with Crippen LogP contribution in [0.15, 0.2) is 28.1 Å². The number of nitrogens with zero attached hydrogens (tertiary/aromatic N) is 2. The van der Waals surface area contributed by atoms with Gasteiger partial charge in [-0.3, -0.25) is 15.5 Å². The van der Waals surface area contributed by atoms with E-state index in [0.717, 1.165) is 0 Å². The number of anilines is 1. The second-order valence-electron chi connectivity index (χ2n) is 3.50. The van der Waals surface area contributed by atoms with Crippen molar-refractivity contribution in [1.29, 1.82) is 5.41 Å². The van der Waals surface area contributed by atoms with Crippen LogP contribution in [0.5, 0.6) is 0 Å². The van der Waals surface area contributed by atoms with E-state index in [-0.39, 0.29) is 11.6 Å². The smallest absolute Gasteiger partial charge is 0.270 e. The maximum Gasteiger partial charge on any atom is 0.270 e. The van der Waals surface area contributed by atoms with Gasteiger partial charge in [-0.15, -0.1) is 11.3 Å². The summed E-state index contributed by atoms with van der Waals surface area (Å²) in [6.07, 6.45) is 0. The minimum Gasteiger partial charge on any atom is -0.370 e. The Balaban J connectivity index is 2.40. The minimum absolute atomic E-state index is 0.00715. The monoisotopic (exact) mass is 341 g/mol. The van der Waals surface area contributed by atoms with Crippen LogP contribution in [-0.4, -0.2) is 15.9 Å². The van der Waals surface area contributed by atoms with Crippen LogP contribution in [0.4, 0.5) is 10.8 Å². The van der Waals surface area contributed by atoms with Crippen LogP contribution >= 0.6 is 27.3 Å². The number of guanidine groups is 1. The maximum atomic E-state index is 10.8. The third-order valence-corrected chi connectivity index (χ3v) is 3.63. The molecule has 0 saturated carbocycles. The average molecular weight is 342 g/mol. The van der Waals surface area contributed by atoms with Gasteiger partial charge in [0.2, 0.25) is 0 Å². The van der Waals surface area contributed by atoms with E-state index >= 15 is 0 Å². The van der Waals surface area contributed by atoms with Crippen LogP contribution in [0.3, 0.4) is 0 Å². The second kappa shape index (κ2) is 5.33. The van der Waals surface area contributed by atoms with E-state index in [2.05, 4.69) is 26.2 Å². The lowest BCUT2D eigenvalue weighted by Crippen LogP contribution is -2.20. The summed E-state index contributed by atoms with van der Waals surface area (Å²) in [4.78, 5) is 14.5. The predicted molar refractivity (Wildman–Crippen MR) is 77.4 cm³/mol. The van der Waals surface area contributed by atoms with E-state index in [9.17, 15) is 10.1 Å². The van der Waals surface area contributed by atoms with Gasteiger partial charge in [-0.2, -0.15) is 0 Å². The first-order valence-corrected chi connectivity index (χ1v) is 6.65. The van der Waals surface area contributed by atoms with Crippen LogP contribution < -0.4 is 11.1 Å². The van der Waals surface area contributed by atoms with E-state index in [0.29, 0.717) is 20.9 Å². The van der Waals surface area contributed by atoms with Gasteiger partial charge >= 0.3 is 0 Å². The van der Waals surface area contributed by atoms with Crippen molar-refractivity contribution < 1.29 is 4.92 Å². The number of nitro groups is 1. The highest BCUT2D eigenvalue weighted by Crippen LogP contribution is 2.33. The summed E-state index contributed by atoms with van der Waals surface area (Å²) in [5.74, 6) is -0.209. The number of thiazole rings is 1. The molecule has 1 aromatic carbocycles. The lowest BCUT2D eigenvalue weighted by atomic mass is 10.1. The van der Waals surface area contributed by atoms with Gasteiger partial charge in [0.1, 0.15) is 0 Å². The zero-order chi connectivity index (χ0) is 14.0. The normalized spacial score (nSPS) is 10.2. The number of hydrogen-bond acceptors (Lipinski definition) is 5. The number of halogens is 1. The third kappa shape index (κ3) is 3.06. The van der Waals surface area contributed by atoms with Crippen LogP contribution in [0, 0.1) is 15.5 Å². The first-order chi connectivity index (χ1) is 8.97. The molecule has 19 heavy (non-hydrogen) atoms. The van der Waals surface area contributed by atoms with Crippen LogP contribution in [0.1, 0.15) is 0 Å². The summed E-state index contributed by atoms with van der Waals surface area (Å²) in [6.45, 7) is 0. The summed E-state index contributed by atoms with van der Waals surface area (Å²) < 4.78 is 0.706. The third-order valence-electron chi connectivity index (χ3n) is 2.18. The fourth-order valence-corrected chi connectivity index (χ4v) is 2.57. The van der Waals surface area contributed by atoms with Gasteiger partial charge in [-0.25, -0.2) is 4.98 Å². The summed E-state index contributed by atoms with van der Waals surface area (Å²) in [5, 5.41) is 22.6. The highest BCUT2D eigenvalue weighted by molar-refractivity contribution is 9.10. The Morgan fingerprint density at radius 3 is 2.95 bits per heavy atom. The van der Waals surface area contributed by atoms with Crippen molar-refractivity contribution >= 4 is 44.0 Å². The minimum atomic E-state index is -0.461. The molecule has 0 spiro atoms. The van der Waals surface area contributed by atoms with Crippen LogP contribution in [0.2, 0.25) is 0 Å². The number of benzene rings is 1. The topological polar surface area (TPSA) is 118 Å². The molecule has 0 bridgehead atoms.